The number of aliphatic carboxylic acids is 1. The summed E-state index contributed by atoms with van der Waals surface area (Å²) in [6.45, 7) is 3.99. The van der Waals surface area contributed by atoms with Crippen molar-refractivity contribution in [2.24, 2.45) is 28.9 Å². The molecule has 0 unspecified atom stereocenters. The summed E-state index contributed by atoms with van der Waals surface area (Å²) in [7, 11) is 0. The minimum absolute atomic E-state index is 0.00586. The molecule has 0 saturated carbocycles. The number of carbonyl (C=O) groups excluding carboxylic acids is 10. The molecule has 0 spiro atoms. The van der Waals surface area contributed by atoms with Crippen LogP contribution < -0.4 is 60.2 Å². The summed E-state index contributed by atoms with van der Waals surface area (Å²) < 4.78 is 0. The molecule has 344 valence electrons. The Morgan fingerprint density at radius 2 is 1.19 bits per heavy atom. The van der Waals surface area contributed by atoms with Crippen LogP contribution in [0.25, 0.3) is 0 Å². The van der Waals surface area contributed by atoms with E-state index in [1.165, 1.54) is 0 Å². The zero-order chi connectivity index (χ0) is 46.9. The van der Waals surface area contributed by atoms with Crippen LogP contribution in [0, 0.1) is 5.92 Å². The second-order valence-corrected chi connectivity index (χ2v) is 14.6. The van der Waals surface area contributed by atoms with Crippen LogP contribution in [0.5, 0.6) is 0 Å². The van der Waals surface area contributed by atoms with Gasteiger partial charge in [-0.25, -0.2) is 0 Å². The van der Waals surface area contributed by atoms with Crippen LogP contribution in [0.2, 0.25) is 0 Å². The number of nitrogens with one attached hydrogen (secondary N) is 7. The predicted molar refractivity (Wildman–Crippen MR) is 221 cm³/mol. The number of hydrogen-bond acceptors (Lipinski definition) is 12. The van der Waals surface area contributed by atoms with Gasteiger partial charge in [0.15, 0.2) is 0 Å². The molecule has 0 bridgehead atoms. The van der Waals surface area contributed by atoms with Gasteiger partial charge in [0.2, 0.25) is 59.1 Å². The fourth-order valence-electron chi connectivity index (χ4n) is 5.88. The van der Waals surface area contributed by atoms with E-state index in [9.17, 15) is 57.8 Å². The Morgan fingerprint density at radius 3 is 1.74 bits per heavy atom. The number of amides is 10. The first-order valence-corrected chi connectivity index (χ1v) is 20.1. The minimum Gasteiger partial charge on any atom is -0.481 e. The van der Waals surface area contributed by atoms with Gasteiger partial charge < -0.3 is 65.3 Å². The number of carbonyl (C=O) groups is 11. The summed E-state index contributed by atoms with van der Waals surface area (Å²) in [5, 5.41) is 26.5. The smallest absolute Gasteiger partial charge is 0.303 e. The summed E-state index contributed by atoms with van der Waals surface area (Å²) in [5.41, 5.74) is 22.0. The Kier molecular flexibility index (Phi) is 24.1. The highest BCUT2D eigenvalue weighted by Crippen LogP contribution is 2.13. The van der Waals surface area contributed by atoms with E-state index in [0.29, 0.717) is 24.8 Å². The molecule has 0 aliphatic carbocycles. The second-order valence-electron chi connectivity index (χ2n) is 14.6. The largest absolute Gasteiger partial charge is 0.481 e. The number of carboxylic acid groups (broad SMARTS) is 1. The molecule has 0 aliphatic heterocycles. The lowest BCUT2D eigenvalue weighted by molar-refractivity contribution is -0.139. The molecule has 0 aliphatic rings. The maximum Gasteiger partial charge on any atom is 0.303 e. The van der Waals surface area contributed by atoms with Crippen LogP contribution in [0.3, 0.4) is 0 Å². The van der Waals surface area contributed by atoms with Crippen molar-refractivity contribution in [2.45, 2.75) is 121 Å². The van der Waals surface area contributed by atoms with Gasteiger partial charge in [-0.2, -0.15) is 0 Å². The molecular formula is C39H61N11O12. The molecule has 1 rings (SSSR count). The molecule has 23 heteroatoms. The maximum absolute atomic E-state index is 14.0. The van der Waals surface area contributed by atoms with E-state index in [1.807, 2.05) is 0 Å². The minimum atomic E-state index is -1.57. The lowest BCUT2D eigenvalue weighted by Gasteiger charge is -2.29. The standard InChI is InChI=1S/C39H61N11O12/c1-4-21(2)33(39(62)49-27(18-23-10-6-5-7-11-23)38(61)47-24(34(43)57)13-15-29(41)52)50-37(60)26(14-16-32(55)56)48-36(59)25(12-8-9-17-40)46-31(54)20-44-35(58)28(19-30(42)53)45-22(3)51/h5-7,10-11,21,24-28,33H,4,8-9,12-20,40H2,1-3H3,(H2,41,52)(H2,42,53)(H2,43,57)(H,44,58)(H,45,51)(H,46,54)(H,47,61)(H,48,59)(H,49,62)(H,50,60)(H,55,56)/t21-,24-,25-,26-,27-,28-,33-/m0/s1. The number of carboxylic acids is 1. The van der Waals surface area contributed by atoms with Gasteiger partial charge in [0.05, 0.1) is 13.0 Å². The van der Waals surface area contributed by atoms with Gasteiger partial charge in [0, 0.05) is 26.2 Å². The van der Waals surface area contributed by atoms with Gasteiger partial charge in [0.1, 0.15) is 36.3 Å². The number of nitrogens with two attached hydrogens (primary N) is 4. The average Bonchev–Trinajstić information content (AvgIpc) is 3.20. The van der Waals surface area contributed by atoms with E-state index in [1.54, 1.807) is 44.2 Å². The van der Waals surface area contributed by atoms with Crippen LogP contribution in [0.4, 0.5) is 0 Å². The van der Waals surface area contributed by atoms with Crippen LogP contribution >= 0.6 is 0 Å². The maximum atomic E-state index is 14.0. The molecule has 0 aromatic heterocycles. The monoisotopic (exact) mass is 875 g/mol. The fraction of sp³-hybridized carbons (Fsp3) is 0.564. The molecule has 0 saturated heterocycles. The summed E-state index contributed by atoms with van der Waals surface area (Å²) in [4.78, 5) is 139. The van der Waals surface area contributed by atoms with E-state index in [2.05, 4.69) is 37.2 Å². The Morgan fingerprint density at radius 1 is 0.629 bits per heavy atom. The second kappa shape index (κ2) is 28.0. The Hall–Kier alpha value is -6.65. The van der Waals surface area contributed by atoms with Crippen molar-refractivity contribution in [3.05, 3.63) is 35.9 Å². The number of hydrogen-bond donors (Lipinski definition) is 12. The Balaban J connectivity index is 3.36. The van der Waals surface area contributed by atoms with Gasteiger partial charge in [-0.05, 0) is 50.1 Å². The molecule has 7 atom stereocenters. The van der Waals surface area contributed by atoms with Crippen molar-refractivity contribution in [1.29, 1.82) is 0 Å². The molecule has 62 heavy (non-hydrogen) atoms. The van der Waals surface area contributed by atoms with Crippen LogP contribution in [-0.4, -0.2) is 119 Å². The SMILES string of the molecule is CC[C@H](C)[C@H](NC(=O)[C@H](CCC(=O)O)NC(=O)[C@H](CCCCN)NC(=O)CNC(=O)[C@H](CC(N)=O)NC(C)=O)C(=O)N[C@@H](Cc1ccccc1)C(=O)N[C@@H](CCC(N)=O)C(N)=O. The van der Waals surface area contributed by atoms with Crippen molar-refractivity contribution in [3.63, 3.8) is 0 Å². The lowest BCUT2D eigenvalue weighted by atomic mass is 9.96. The van der Waals surface area contributed by atoms with Gasteiger partial charge in [-0.15, -0.1) is 0 Å². The van der Waals surface area contributed by atoms with Crippen molar-refractivity contribution >= 4 is 65.0 Å². The van der Waals surface area contributed by atoms with E-state index >= 15 is 0 Å². The quantitative estimate of drug-likeness (QED) is 0.0328. The Bertz CT molecular complexity index is 1730. The molecule has 0 fully saturated rings. The predicted octanol–water partition coefficient (Wildman–Crippen LogP) is -4.06. The van der Waals surface area contributed by atoms with Crippen LogP contribution in [0.1, 0.15) is 84.1 Å². The van der Waals surface area contributed by atoms with Crippen LogP contribution in [0.15, 0.2) is 30.3 Å². The van der Waals surface area contributed by atoms with Crippen LogP contribution in [-0.2, 0) is 59.2 Å². The highest BCUT2D eigenvalue weighted by molar-refractivity contribution is 5.97. The first-order chi connectivity index (χ1) is 29.2. The molecule has 10 amide bonds. The fourth-order valence-corrected chi connectivity index (χ4v) is 5.88. The third-order valence-corrected chi connectivity index (χ3v) is 9.45. The van der Waals surface area contributed by atoms with E-state index in [0.717, 1.165) is 6.92 Å². The average molecular weight is 876 g/mol. The van der Waals surface area contributed by atoms with E-state index in [4.69, 9.17) is 22.9 Å². The molecule has 23 nitrogen and oxygen atoms in total. The Labute approximate surface area is 358 Å². The van der Waals surface area contributed by atoms with Gasteiger partial charge in [0.25, 0.3) is 0 Å². The highest BCUT2D eigenvalue weighted by Gasteiger charge is 2.35. The first-order valence-electron chi connectivity index (χ1n) is 20.1. The van der Waals surface area contributed by atoms with Gasteiger partial charge in [-0.1, -0.05) is 50.6 Å². The van der Waals surface area contributed by atoms with Gasteiger partial charge in [-0.3, -0.25) is 52.7 Å². The van der Waals surface area contributed by atoms with Crippen molar-refractivity contribution < 1.29 is 57.8 Å². The lowest BCUT2D eigenvalue weighted by Crippen LogP contribution is -2.60. The molecule has 0 radical (unpaired) electrons. The van der Waals surface area contributed by atoms with Crippen molar-refractivity contribution in [3.8, 4) is 0 Å². The van der Waals surface area contributed by atoms with E-state index < -0.39 is 133 Å². The number of primary amides is 3. The summed E-state index contributed by atoms with van der Waals surface area (Å²) in [5.74, 6) is -10.5. The topological polar surface area (TPSA) is 396 Å². The molecular weight excluding hydrogens is 814 g/mol. The third-order valence-electron chi connectivity index (χ3n) is 9.45. The molecule has 16 N–H and O–H groups in total. The zero-order valence-corrected chi connectivity index (χ0v) is 35.2. The first kappa shape index (κ1) is 53.4. The van der Waals surface area contributed by atoms with Gasteiger partial charge >= 0.3 is 5.97 Å². The third kappa shape index (κ3) is 21.0. The van der Waals surface area contributed by atoms with E-state index in [-0.39, 0.29) is 32.2 Å². The summed E-state index contributed by atoms with van der Waals surface area (Å²) in [6.07, 6.45) is -1.12. The highest BCUT2D eigenvalue weighted by atomic mass is 16.4. The number of benzene rings is 1. The summed E-state index contributed by atoms with van der Waals surface area (Å²) >= 11 is 0. The number of rotatable bonds is 30. The molecule has 0 heterocycles. The summed E-state index contributed by atoms with van der Waals surface area (Å²) in [6, 6.07) is 0.218. The molecule has 1 aromatic carbocycles. The molecule has 1 aromatic rings. The van der Waals surface area contributed by atoms with Crippen molar-refractivity contribution in [1.82, 2.24) is 37.2 Å². The zero-order valence-electron chi connectivity index (χ0n) is 35.2. The normalized spacial score (nSPS) is 14.1. The van der Waals surface area contributed by atoms with Crippen molar-refractivity contribution in [2.75, 3.05) is 13.1 Å². The number of unbranched alkanes of at least 4 members (excludes halogenated alkanes) is 1.